The molecule has 2 aliphatic heterocycles. The first kappa shape index (κ1) is 31.4. The number of esters is 1. The Morgan fingerprint density at radius 2 is 1.27 bits per heavy atom. The zero-order chi connectivity index (χ0) is 29.3. The van der Waals surface area contributed by atoms with Crippen LogP contribution in [0.1, 0.15) is 43.7 Å². The van der Waals surface area contributed by atoms with E-state index in [1.165, 1.54) is 6.08 Å². The third kappa shape index (κ3) is 10.8. The number of hydrogen-bond acceptors (Lipinski definition) is 7. The van der Waals surface area contributed by atoms with Crippen LogP contribution >= 0.6 is 0 Å². The minimum Gasteiger partial charge on any atom is -0.463 e. The Kier molecular flexibility index (Phi) is 13.5. The highest BCUT2D eigenvalue weighted by atomic mass is 16.6. The summed E-state index contributed by atoms with van der Waals surface area (Å²) < 4.78 is 15.5. The van der Waals surface area contributed by atoms with Crippen LogP contribution in [0.3, 0.4) is 0 Å². The monoisotopic (exact) mass is 564 g/mol. The minimum absolute atomic E-state index is 0.00338. The molecule has 2 heterocycles. The van der Waals surface area contributed by atoms with Crippen LogP contribution < -0.4 is 0 Å². The van der Waals surface area contributed by atoms with Gasteiger partial charge in [-0.25, -0.2) is 14.4 Å². The highest BCUT2D eigenvalue weighted by Crippen LogP contribution is 2.21. The van der Waals surface area contributed by atoms with Gasteiger partial charge in [0.2, 0.25) is 0 Å². The molecule has 41 heavy (non-hydrogen) atoms. The van der Waals surface area contributed by atoms with Crippen molar-refractivity contribution >= 4 is 18.2 Å². The summed E-state index contributed by atoms with van der Waals surface area (Å²) in [6.07, 6.45) is 9.65. The van der Waals surface area contributed by atoms with Crippen LogP contribution in [-0.2, 0) is 32.2 Å². The van der Waals surface area contributed by atoms with Gasteiger partial charge in [0.1, 0.15) is 13.2 Å². The molecule has 0 bridgehead atoms. The van der Waals surface area contributed by atoms with Crippen molar-refractivity contribution in [2.24, 2.45) is 0 Å². The lowest BCUT2D eigenvalue weighted by Gasteiger charge is -2.21. The highest BCUT2D eigenvalue weighted by Gasteiger charge is 2.29. The van der Waals surface area contributed by atoms with Gasteiger partial charge in [0.15, 0.2) is 0 Å². The number of carbonyl (C=O) groups is 3. The molecule has 9 nitrogen and oxygen atoms in total. The van der Waals surface area contributed by atoms with Gasteiger partial charge in [-0.2, -0.15) is 0 Å². The van der Waals surface area contributed by atoms with Gasteiger partial charge >= 0.3 is 18.2 Å². The van der Waals surface area contributed by atoms with E-state index in [-0.39, 0.29) is 43.5 Å². The first-order chi connectivity index (χ1) is 20.0. The summed E-state index contributed by atoms with van der Waals surface area (Å²) in [5.41, 5.74) is 1.94. The van der Waals surface area contributed by atoms with Crippen LogP contribution in [0.4, 0.5) is 9.59 Å². The second-order valence-electron chi connectivity index (χ2n) is 9.61. The molecule has 2 aromatic rings. The molecule has 2 saturated heterocycles. The van der Waals surface area contributed by atoms with Crippen LogP contribution in [0.25, 0.3) is 0 Å². The molecular formula is C32H40N2O7. The molecule has 2 aliphatic rings. The molecule has 2 aromatic carbocycles. The Balaban J connectivity index is 0.000000228. The topological polar surface area (TPSA) is 106 Å². The van der Waals surface area contributed by atoms with Gasteiger partial charge in [0.25, 0.3) is 0 Å². The Hall–Kier alpha value is -4.11. The summed E-state index contributed by atoms with van der Waals surface area (Å²) in [5, 5.41) is 8.78. The fraction of sp³-hybridized carbons (Fsp3) is 0.406. The summed E-state index contributed by atoms with van der Waals surface area (Å²) >= 11 is 0. The number of benzene rings is 2. The van der Waals surface area contributed by atoms with Crippen molar-refractivity contribution in [3.63, 3.8) is 0 Å². The lowest BCUT2D eigenvalue weighted by molar-refractivity contribution is -0.137. The van der Waals surface area contributed by atoms with Gasteiger partial charge in [-0.3, -0.25) is 0 Å². The Labute approximate surface area is 242 Å². The molecule has 0 aromatic heterocycles. The lowest BCUT2D eigenvalue weighted by atomic mass is 10.2. The van der Waals surface area contributed by atoms with Crippen LogP contribution in [-0.4, -0.2) is 71.4 Å². The molecule has 2 fully saturated rings. The number of nitrogens with zero attached hydrogens (tertiary/aromatic N) is 2. The molecule has 0 spiro atoms. The van der Waals surface area contributed by atoms with Crippen molar-refractivity contribution in [2.45, 2.75) is 57.9 Å². The molecule has 2 atom stereocenters. The van der Waals surface area contributed by atoms with Gasteiger partial charge in [-0.05, 0) is 43.7 Å². The third-order valence-electron chi connectivity index (χ3n) is 6.68. The molecule has 0 aliphatic carbocycles. The maximum absolute atomic E-state index is 12.2. The summed E-state index contributed by atoms with van der Waals surface area (Å²) in [7, 11) is 0. The third-order valence-corrected chi connectivity index (χ3v) is 6.68. The predicted octanol–water partition coefficient (Wildman–Crippen LogP) is 5.24. The first-order valence-corrected chi connectivity index (χ1v) is 14.1. The van der Waals surface area contributed by atoms with Crippen molar-refractivity contribution in [1.82, 2.24) is 9.80 Å². The van der Waals surface area contributed by atoms with Crippen molar-refractivity contribution in [2.75, 3.05) is 26.3 Å². The molecule has 4 rings (SSSR count). The fourth-order valence-electron chi connectivity index (χ4n) is 4.64. The fourth-order valence-corrected chi connectivity index (χ4v) is 4.64. The van der Waals surface area contributed by atoms with Crippen LogP contribution in [0.2, 0.25) is 0 Å². The Bertz CT molecular complexity index is 1140. The molecule has 1 N–H and O–H groups in total. The molecular weight excluding hydrogens is 524 g/mol. The second kappa shape index (κ2) is 17.6. The molecule has 0 saturated carbocycles. The van der Waals surface area contributed by atoms with E-state index in [0.717, 1.165) is 36.8 Å². The Morgan fingerprint density at radius 1 is 0.780 bits per heavy atom. The van der Waals surface area contributed by atoms with Crippen LogP contribution in [0, 0.1) is 0 Å². The molecule has 9 heteroatoms. The summed E-state index contributed by atoms with van der Waals surface area (Å²) in [4.78, 5) is 38.9. The van der Waals surface area contributed by atoms with Gasteiger partial charge < -0.3 is 29.1 Å². The number of rotatable bonds is 9. The SMILES string of the molecule is CCOC(=O)C=C[C@H]1CCCN1C(=O)OCc1ccccc1.O=C(OCc1ccccc1)N1CCC[C@@H]1C=CCO. The number of hydrogen-bond donors (Lipinski definition) is 1. The van der Waals surface area contributed by atoms with Gasteiger partial charge in [0, 0.05) is 19.2 Å². The Morgan fingerprint density at radius 3 is 1.73 bits per heavy atom. The van der Waals surface area contributed by atoms with E-state index in [1.54, 1.807) is 28.9 Å². The minimum atomic E-state index is -0.382. The van der Waals surface area contributed by atoms with Gasteiger partial charge in [-0.15, -0.1) is 0 Å². The number of aliphatic hydroxyl groups excluding tert-OH is 1. The van der Waals surface area contributed by atoms with Crippen molar-refractivity contribution < 1.29 is 33.7 Å². The van der Waals surface area contributed by atoms with Crippen LogP contribution in [0.5, 0.6) is 0 Å². The molecule has 220 valence electrons. The summed E-state index contributed by atoms with van der Waals surface area (Å²) in [5.74, 6) is -0.382. The summed E-state index contributed by atoms with van der Waals surface area (Å²) in [6.45, 7) is 4.02. The molecule has 2 amide bonds. The number of likely N-dealkylation sites (tertiary alicyclic amines) is 2. The normalized spacial score (nSPS) is 18.3. The van der Waals surface area contributed by atoms with E-state index in [2.05, 4.69) is 0 Å². The number of aliphatic hydroxyl groups is 1. The quantitative estimate of drug-likeness (QED) is 0.192. The van der Waals surface area contributed by atoms with E-state index < -0.39 is 0 Å². The first-order valence-electron chi connectivity index (χ1n) is 14.1. The predicted molar refractivity (Wildman–Crippen MR) is 155 cm³/mol. The van der Waals surface area contributed by atoms with Crippen molar-refractivity contribution in [1.29, 1.82) is 0 Å². The van der Waals surface area contributed by atoms with E-state index in [9.17, 15) is 14.4 Å². The van der Waals surface area contributed by atoms with E-state index in [4.69, 9.17) is 19.3 Å². The lowest BCUT2D eigenvalue weighted by Crippen LogP contribution is -2.34. The standard InChI is InChI=1S/C17H21NO4.C15H19NO3/c1-2-21-16(19)11-10-15-9-6-12-18(15)17(20)22-13-14-7-4-3-5-8-14;17-11-5-9-14-8-4-10-16(14)15(18)19-12-13-6-2-1-3-7-13/h3-5,7-8,10-11,15H,2,6,9,12-13H2,1H3;1-3,5-7,9,14,17H,4,8,10-12H2/t15-;14-/m11/s1. The average molecular weight is 565 g/mol. The number of ether oxygens (including phenoxy) is 3. The zero-order valence-electron chi connectivity index (χ0n) is 23.6. The highest BCUT2D eigenvalue weighted by molar-refractivity contribution is 5.82. The average Bonchev–Trinajstić information content (AvgIpc) is 3.68. The second-order valence-corrected chi connectivity index (χ2v) is 9.61. The van der Waals surface area contributed by atoms with E-state index in [0.29, 0.717) is 26.3 Å². The maximum atomic E-state index is 12.2. The maximum Gasteiger partial charge on any atom is 0.410 e. The van der Waals surface area contributed by atoms with E-state index in [1.807, 2.05) is 66.7 Å². The number of amides is 2. The largest absolute Gasteiger partial charge is 0.463 e. The van der Waals surface area contributed by atoms with Gasteiger partial charge in [0.05, 0.1) is 25.3 Å². The van der Waals surface area contributed by atoms with Crippen molar-refractivity contribution in [3.05, 3.63) is 96.1 Å². The van der Waals surface area contributed by atoms with Crippen LogP contribution in [0.15, 0.2) is 85.0 Å². The van der Waals surface area contributed by atoms with E-state index >= 15 is 0 Å². The number of carbonyl (C=O) groups excluding carboxylic acids is 3. The van der Waals surface area contributed by atoms with Crippen molar-refractivity contribution in [3.8, 4) is 0 Å². The van der Waals surface area contributed by atoms with Gasteiger partial charge in [-0.1, -0.05) is 78.9 Å². The zero-order valence-corrected chi connectivity index (χ0v) is 23.6. The smallest absolute Gasteiger partial charge is 0.410 e. The molecule has 0 unspecified atom stereocenters. The summed E-state index contributed by atoms with van der Waals surface area (Å²) in [6, 6.07) is 19.1. The molecule has 0 radical (unpaired) electrons.